The number of benzene rings is 2. The van der Waals surface area contributed by atoms with E-state index in [2.05, 4.69) is 0 Å². The highest BCUT2D eigenvalue weighted by atomic mass is 16.7. The molecule has 0 aromatic heterocycles. The Bertz CT molecular complexity index is 1230. The number of ether oxygens (including phenoxy) is 7. The molecule has 2 heterocycles. The summed E-state index contributed by atoms with van der Waals surface area (Å²) in [5, 5.41) is 81.1. The Morgan fingerprint density at radius 3 is 1.98 bits per heavy atom. The first-order valence-electron chi connectivity index (χ1n) is 13.5. The lowest BCUT2D eigenvalue weighted by Crippen LogP contribution is -2.62. The summed E-state index contributed by atoms with van der Waals surface area (Å²) in [5.74, 6) is -0.644. The Balaban J connectivity index is 1.46. The number of aliphatic hydroxyl groups is 7. The molecule has 0 radical (unpaired) electrons. The molecule has 2 saturated heterocycles. The average molecular weight is 629 g/mol. The van der Waals surface area contributed by atoms with Gasteiger partial charge >= 0.3 is 5.97 Å². The van der Waals surface area contributed by atoms with Crippen molar-refractivity contribution in [2.24, 2.45) is 0 Å². The molecule has 0 amide bonds. The van der Waals surface area contributed by atoms with Crippen molar-refractivity contribution < 1.29 is 78.8 Å². The zero-order valence-electron chi connectivity index (χ0n) is 23.7. The average Bonchev–Trinajstić information content (AvgIpc) is 3.03. The number of phenolic OH excluding ortho intramolecular Hbond substituents is 1. The molecule has 44 heavy (non-hydrogen) atoms. The maximum Gasteiger partial charge on any atom is 0.346 e. The molecule has 10 atom stereocenters. The fraction of sp³-hybridized carbons (Fsp3) is 0.536. The molecule has 0 bridgehead atoms. The Labute approximate surface area is 251 Å². The highest BCUT2D eigenvalue weighted by Gasteiger charge is 2.48. The molecule has 244 valence electrons. The quantitative estimate of drug-likeness (QED) is 0.123. The first-order chi connectivity index (χ1) is 21.0. The Kier molecular flexibility index (Phi) is 11.2. The van der Waals surface area contributed by atoms with E-state index in [9.17, 15) is 45.6 Å². The van der Waals surface area contributed by atoms with E-state index in [0.717, 1.165) is 0 Å². The van der Waals surface area contributed by atoms with Crippen LogP contribution in [0.1, 0.15) is 15.9 Å². The topological polar surface area (TPSA) is 244 Å². The lowest BCUT2D eigenvalue weighted by atomic mass is 9.98. The molecular weight excluding hydrogens is 592 g/mol. The van der Waals surface area contributed by atoms with E-state index < -0.39 is 87.2 Å². The van der Waals surface area contributed by atoms with E-state index in [1.165, 1.54) is 32.4 Å². The number of carbonyl (C=O) groups is 1. The van der Waals surface area contributed by atoms with E-state index in [4.69, 9.17) is 33.2 Å². The minimum absolute atomic E-state index is 0.0190. The minimum Gasteiger partial charge on any atom is -0.508 e. The molecule has 2 fully saturated rings. The van der Waals surface area contributed by atoms with E-state index >= 15 is 0 Å². The monoisotopic (exact) mass is 628 g/mol. The van der Waals surface area contributed by atoms with Gasteiger partial charge in [0.1, 0.15) is 84.0 Å². The molecule has 16 nitrogen and oxygen atoms in total. The Morgan fingerprint density at radius 2 is 1.36 bits per heavy atom. The van der Waals surface area contributed by atoms with Crippen LogP contribution in [0.5, 0.6) is 23.0 Å². The van der Waals surface area contributed by atoms with Crippen molar-refractivity contribution in [1.29, 1.82) is 0 Å². The van der Waals surface area contributed by atoms with Gasteiger partial charge in [0.15, 0.2) is 6.29 Å². The molecule has 0 aliphatic carbocycles. The van der Waals surface area contributed by atoms with Gasteiger partial charge in [-0.15, -0.1) is 0 Å². The zero-order chi connectivity index (χ0) is 32.1. The number of esters is 1. The van der Waals surface area contributed by atoms with Crippen molar-refractivity contribution in [2.75, 3.05) is 27.4 Å². The van der Waals surface area contributed by atoms with Crippen molar-refractivity contribution in [3.05, 3.63) is 47.5 Å². The first kappa shape index (κ1) is 33.6. The molecule has 2 aromatic carbocycles. The predicted octanol–water partition coefficient (Wildman–Crippen LogP) is -2.23. The molecule has 0 saturated carbocycles. The van der Waals surface area contributed by atoms with E-state index in [-0.39, 0.29) is 34.1 Å². The maximum absolute atomic E-state index is 12.9. The number of hydrogen-bond acceptors (Lipinski definition) is 16. The van der Waals surface area contributed by atoms with Crippen LogP contribution in [0.2, 0.25) is 0 Å². The van der Waals surface area contributed by atoms with Gasteiger partial charge in [0.25, 0.3) is 0 Å². The van der Waals surface area contributed by atoms with Crippen LogP contribution >= 0.6 is 0 Å². The third kappa shape index (κ3) is 7.16. The van der Waals surface area contributed by atoms with Gasteiger partial charge in [0.05, 0.1) is 27.4 Å². The number of hydrogen-bond donors (Lipinski definition) is 8. The normalized spacial score (nSPS) is 32.1. The fourth-order valence-electron chi connectivity index (χ4n) is 4.73. The summed E-state index contributed by atoms with van der Waals surface area (Å²) < 4.78 is 38.0. The lowest BCUT2D eigenvalue weighted by molar-refractivity contribution is -0.323. The molecule has 2 aliphatic rings. The minimum atomic E-state index is -1.80. The van der Waals surface area contributed by atoms with E-state index in [1.54, 1.807) is 18.2 Å². The fourth-order valence-corrected chi connectivity index (χ4v) is 4.73. The lowest BCUT2D eigenvalue weighted by Gasteiger charge is -2.42. The number of aromatic hydroxyl groups is 1. The number of phenols is 1. The SMILES string of the molecule is COc1cccc(OC)c1C(=O)OCc1cc(O)ccc1O[C@H]1O[C@H](CO[C@H]2O[C@H](CO)[C@@H](O)[C@H](O)[C@H]2O)[C@@H](O)[C@H](O)[C@H]1O. The van der Waals surface area contributed by atoms with Gasteiger partial charge in [0, 0.05) is 5.56 Å². The second kappa shape index (κ2) is 14.7. The van der Waals surface area contributed by atoms with Gasteiger partial charge in [-0.2, -0.15) is 0 Å². The molecule has 4 rings (SSSR count). The number of rotatable bonds is 11. The summed E-state index contributed by atoms with van der Waals surface area (Å²) >= 11 is 0. The van der Waals surface area contributed by atoms with Crippen molar-refractivity contribution in [1.82, 2.24) is 0 Å². The van der Waals surface area contributed by atoms with Crippen molar-refractivity contribution in [3.8, 4) is 23.0 Å². The van der Waals surface area contributed by atoms with E-state index in [0.29, 0.717) is 0 Å². The second-order valence-corrected chi connectivity index (χ2v) is 10.1. The largest absolute Gasteiger partial charge is 0.508 e. The second-order valence-electron chi connectivity index (χ2n) is 10.1. The summed E-state index contributed by atoms with van der Waals surface area (Å²) in [7, 11) is 2.74. The van der Waals surface area contributed by atoms with Gasteiger partial charge in [-0.25, -0.2) is 4.79 Å². The van der Waals surface area contributed by atoms with Gasteiger partial charge in [-0.1, -0.05) is 6.07 Å². The molecule has 0 spiro atoms. The van der Waals surface area contributed by atoms with Crippen LogP contribution in [-0.4, -0.2) is 136 Å². The summed E-state index contributed by atoms with van der Waals surface area (Å²) in [4.78, 5) is 12.9. The summed E-state index contributed by atoms with van der Waals surface area (Å²) in [5.41, 5.74) is 0.156. The molecule has 0 unspecified atom stereocenters. The van der Waals surface area contributed by atoms with Gasteiger partial charge in [0.2, 0.25) is 6.29 Å². The van der Waals surface area contributed by atoms with Gasteiger partial charge < -0.3 is 74.0 Å². The number of carbonyl (C=O) groups excluding carboxylic acids is 1. The third-order valence-electron chi connectivity index (χ3n) is 7.22. The Hall–Kier alpha value is -3.29. The van der Waals surface area contributed by atoms with E-state index in [1.807, 2.05) is 0 Å². The van der Waals surface area contributed by atoms with Crippen molar-refractivity contribution in [2.45, 2.75) is 68.0 Å². The van der Waals surface area contributed by atoms with Crippen molar-refractivity contribution in [3.63, 3.8) is 0 Å². The summed E-state index contributed by atoms with van der Waals surface area (Å²) in [6, 6.07) is 8.50. The molecule has 8 N–H and O–H groups in total. The number of methoxy groups -OCH3 is 2. The summed E-state index contributed by atoms with van der Waals surface area (Å²) in [6.07, 6.45) is -16.1. The first-order valence-corrected chi connectivity index (χ1v) is 13.5. The molecular formula is C28H36O16. The van der Waals surface area contributed by atoms with Crippen LogP contribution in [0.15, 0.2) is 36.4 Å². The smallest absolute Gasteiger partial charge is 0.346 e. The van der Waals surface area contributed by atoms with Gasteiger partial charge in [-0.3, -0.25) is 0 Å². The van der Waals surface area contributed by atoms with Crippen LogP contribution in [-0.2, 0) is 25.6 Å². The highest BCUT2D eigenvalue weighted by molar-refractivity contribution is 5.95. The standard InChI is InChI=1S/C28H36O16/c1-38-15-4-3-5-16(39-2)19(15)26(37)40-10-12-8-13(30)6-7-14(12)42-28-25(36)23(34)21(32)18(44-28)11-41-27-24(35)22(33)20(31)17(9-29)43-27/h3-8,17-18,20-25,27-36H,9-11H2,1-2H3/t17-,18-,20-,21-,22+,23+,24-,25-,27+,28+/m1/s1. The van der Waals surface area contributed by atoms with Crippen LogP contribution in [0.3, 0.4) is 0 Å². The van der Waals surface area contributed by atoms with Crippen LogP contribution in [0.25, 0.3) is 0 Å². The number of aliphatic hydroxyl groups excluding tert-OH is 7. The Morgan fingerprint density at radius 1 is 0.773 bits per heavy atom. The molecule has 16 heteroatoms. The zero-order valence-corrected chi connectivity index (χ0v) is 23.7. The summed E-state index contributed by atoms with van der Waals surface area (Å²) in [6.45, 7) is -1.68. The third-order valence-corrected chi connectivity index (χ3v) is 7.22. The van der Waals surface area contributed by atoms with Crippen molar-refractivity contribution >= 4 is 5.97 Å². The molecule has 2 aliphatic heterocycles. The highest BCUT2D eigenvalue weighted by Crippen LogP contribution is 2.32. The van der Waals surface area contributed by atoms with Gasteiger partial charge in [-0.05, 0) is 30.3 Å². The van der Waals surface area contributed by atoms with Crippen LogP contribution in [0.4, 0.5) is 0 Å². The molecule has 2 aromatic rings. The maximum atomic E-state index is 12.9. The van der Waals surface area contributed by atoms with Crippen LogP contribution < -0.4 is 14.2 Å². The predicted molar refractivity (Wildman–Crippen MR) is 144 cm³/mol. The van der Waals surface area contributed by atoms with Crippen LogP contribution in [0, 0.1) is 0 Å².